The SMILES string of the molecule is CN1CCC(CCNC2CCCNC2)CC1. The maximum absolute atomic E-state index is 3.70. The molecule has 0 amide bonds. The number of likely N-dealkylation sites (tertiary alicyclic amines) is 1. The van der Waals surface area contributed by atoms with Gasteiger partial charge in [-0.2, -0.15) is 0 Å². The van der Waals surface area contributed by atoms with E-state index in [1.165, 1.54) is 64.8 Å². The van der Waals surface area contributed by atoms with Crippen LogP contribution in [0, 0.1) is 5.92 Å². The molecule has 2 rings (SSSR count). The Morgan fingerprint density at radius 1 is 1.25 bits per heavy atom. The van der Waals surface area contributed by atoms with Gasteiger partial charge in [-0.05, 0) is 71.2 Å². The first-order valence-electron chi connectivity index (χ1n) is 6.97. The van der Waals surface area contributed by atoms with E-state index in [9.17, 15) is 0 Å². The molecule has 2 N–H and O–H groups in total. The maximum atomic E-state index is 3.70. The molecule has 94 valence electrons. The van der Waals surface area contributed by atoms with Crippen LogP contribution in [0.15, 0.2) is 0 Å². The lowest BCUT2D eigenvalue weighted by Gasteiger charge is -2.30. The van der Waals surface area contributed by atoms with Crippen molar-refractivity contribution in [1.29, 1.82) is 0 Å². The Labute approximate surface area is 100.0 Å². The number of hydrogen-bond donors (Lipinski definition) is 2. The quantitative estimate of drug-likeness (QED) is 0.749. The third-order valence-corrected chi connectivity index (χ3v) is 4.12. The molecule has 3 heteroatoms. The zero-order chi connectivity index (χ0) is 11.2. The highest BCUT2D eigenvalue weighted by Crippen LogP contribution is 2.18. The fourth-order valence-electron chi connectivity index (χ4n) is 2.87. The van der Waals surface area contributed by atoms with Crippen LogP contribution < -0.4 is 10.6 Å². The largest absolute Gasteiger partial charge is 0.315 e. The van der Waals surface area contributed by atoms with Crippen LogP contribution in [0.3, 0.4) is 0 Å². The van der Waals surface area contributed by atoms with Gasteiger partial charge in [0.15, 0.2) is 0 Å². The van der Waals surface area contributed by atoms with Gasteiger partial charge in [0.2, 0.25) is 0 Å². The summed E-state index contributed by atoms with van der Waals surface area (Å²) in [7, 11) is 2.24. The molecule has 1 atom stereocenters. The van der Waals surface area contributed by atoms with Crippen molar-refractivity contribution < 1.29 is 0 Å². The first-order chi connectivity index (χ1) is 7.84. The second kappa shape index (κ2) is 6.58. The number of rotatable bonds is 4. The number of nitrogens with zero attached hydrogens (tertiary/aromatic N) is 1. The van der Waals surface area contributed by atoms with Crippen molar-refractivity contribution >= 4 is 0 Å². The number of piperidine rings is 2. The Morgan fingerprint density at radius 3 is 2.75 bits per heavy atom. The second-order valence-corrected chi connectivity index (χ2v) is 5.53. The highest BCUT2D eigenvalue weighted by Gasteiger charge is 2.17. The summed E-state index contributed by atoms with van der Waals surface area (Å²) in [4.78, 5) is 2.45. The van der Waals surface area contributed by atoms with Crippen LogP contribution in [-0.2, 0) is 0 Å². The van der Waals surface area contributed by atoms with Gasteiger partial charge < -0.3 is 15.5 Å². The van der Waals surface area contributed by atoms with Gasteiger partial charge in [-0.25, -0.2) is 0 Å². The van der Waals surface area contributed by atoms with Gasteiger partial charge >= 0.3 is 0 Å². The Kier molecular flexibility index (Phi) is 5.07. The molecule has 0 saturated carbocycles. The van der Waals surface area contributed by atoms with Crippen molar-refractivity contribution in [2.75, 3.05) is 39.8 Å². The van der Waals surface area contributed by atoms with Crippen molar-refractivity contribution in [3.63, 3.8) is 0 Å². The zero-order valence-electron chi connectivity index (χ0n) is 10.7. The van der Waals surface area contributed by atoms with Crippen LogP contribution in [0.4, 0.5) is 0 Å². The third-order valence-electron chi connectivity index (χ3n) is 4.12. The van der Waals surface area contributed by atoms with E-state index in [1.807, 2.05) is 0 Å². The second-order valence-electron chi connectivity index (χ2n) is 5.53. The van der Waals surface area contributed by atoms with Crippen molar-refractivity contribution in [2.24, 2.45) is 5.92 Å². The normalized spacial score (nSPS) is 29.4. The van der Waals surface area contributed by atoms with Gasteiger partial charge in [0.05, 0.1) is 0 Å². The smallest absolute Gasteiger partial charge is 0.0192 e. The predicted molar refractivity (Wildman–Crippen MR) is 68.7 cm³/mol. The molecule has 2 fully saturated rings. The zero-order valence-corrected chi connectivity index (χ0v) is 10.7. The molecule has 3 nitrogen and oxygen atoms in total. The minimum absolute atomic E-state index is 0.736. The van der Waals surface area contributed by atoms with E-state index in [0.29, 0.717) is 0 Å². The molecule has 2 heterocycles. The summed E-state index contributed by atoms with van der Waals surface area (Å²) in [6.07, 6.45) is 6.89. The van der Waals surface area contributed by atoms with E-state index in [4.69, 9.17) is 0 Å². The molecule has 16 heavy (non-hydrogen) atoms. The van der Waals surface area contributed by atoms with Gasteiger partial charge in [0, 0.05) is 12.6 Å². The van der Waals surface area contributed by atoms with Crippen molar-refractivity contribution in [3.8, 4) is 0 Å². The van der Waals surface area contributed by atoms with Crippen molar-refractivity contribution in [2.45, 2.75) is 38.1 Å². The highest BCUT2D eigenvalue weighted by atomic mass is 15.1. The molecule has 0 bridgehead atoms. The van der Waals surface area contributed by atoms with Gasteiger partial charge in [0.1, 0.15) is 0 Å². The molecule has 2 saturated heterocycles. The molecular weight excluding hydrogens is 198 g/mol. The van der Waals surface area contributed by atoms with Crippen LogP contribution >= 0.6 is 0 Å². The van der Waals surface area contributed by atoms with Crippen LogP contribution in [0.5, 0.6) is 0 Å². The maximum Gasteiger partial charge on any atom is 0.0192 e. The minimum atomic E-state index is 0.736. The lowest BCUT2D eigenvalue weighted by Crippen LogP contribution is -2.43. The fourth-order valence-corrected chi connectivity index (χ4v) is 2.87. The average Bonchev–Trinajstić information content (AvgIpc) is 2.33. The van der Waals surface area contributed by atoms with Gasteiger partial charge in [0.25, 0.3) is 0 Å². The molecule has 0 spiro atoms. The topological polar surface area (TPSA) is 27.3 Å². The Bertz CT molecular complexity index is 182. The average molecular weight is 225 g/mol. The van der Waals surface area contributed by atoms with Gasteiger partial charge in [-0.3, -0.25) is 0 Å². The summed E-state index contributed by atoms with van der Waals surface area (Å²) < 4.78 is 0. The molecule has 0 radical (unpaired) electrons. The molecule has 0 aliphatic carbocycles. The standard InChI is InChI=1S/C13H27N3/c1-16-9-5-12(6-10-16)4-8-15-13-3-2-7-14-11-13/h12-15H,2-11H2,1H3. The van der Waals surface area contributed by atoms with Crippen molar-refractivity contribution in [3.05, 3.63) is 0 Å². The molecule has 0 aromatic heterocycles. The Balaban J connectivity index is 1.53. The van der Waals surface area contributed by atoms with E-state index in [0.717, 1.165) is 12.0 Å². The van der Waals surface area contributed by atoms with Gasteiger partial charge in [-0.15, -0.1) is 0 Å². The molecular formula is C13H27N3. The molecule has 0 aromatic carbocycles. The number of nitrogens with one attached hydrogen (secondary N) is 2. The summed E-state index contributed by atoms with van der Waals surface area (Å²) in [5, 5.41) is 7.16. The van der Waals surface area contributed by atoms with Crippen LogP contribution in [0.25, 0.3) is 0 Å². The number of hydrogen-bond acceptors (Lipinski definition) is 3. The van der Waals surface area contributed by atoms with Crippen LogP contribution in [0.1, 0.15) is 32.1 Å². The van der Waals surface area contributed by atoms with E-state index >= 15 is 0 Å². The van der Waals surface area contributed by atoms with Crippen LogP contribution in [0.2, 0.25) is 0 Å². The summed E-state index contributed by atoms with van der Waals surface area (Å²) in [5.41, 5.74) is 0. The van der Waals surface area contributed by atoms with Crippen molar-refractivity contribution in [1.82, 2.24) is 15.5 Å². The summed E-state index contributed by atoms with van der Waals surface area (Å²) in [5.74, 6) is 0.972. The van der Waals surface area contributed by atoms with E-state index in [-0.39, 0.29) is 0 Å². The monoisotopic (exact) mass is 225 g/mol. The highest BCUT2D eigenvalue weighted by molar-refractivity contribution is 4.76. The molecule has 1 unspecified atom stereocenters. The first-order valence-corrected chi connectivity index (χ1v) is 6.97. The lowest BCUT2D eigenvalue weighted by molar-refractivity contribution is 0.209. The summed E-state index contributed by atoms with van der Waals surface area (Å²) in [6, 6.07) is 0.736. The molecule has 0 aromatic rings. The third kappa shape index (κ3) is 4.04. The fraction of sp³-hybridized carbons (Fsp3) is 1.00. The molecule has 2 aliphatic rings. The van der Waals surface area contributed by atoms with E-state index in [2.05, 4.69) is 22.6 Å². The lowest BCUT2D eigenvalue weighted by atomic mass is 9.93. The minimum Gasteiger partial charge on any atom is -0.315 e. The first kappa shape index (κ1) is 12.3. The van der Waals surface area contributed by atoms with Crippen LogP contribution in [-0.4, -0.2) is 50.7 Å². The molecule has 2 aliphatic heterocycles. The summed E-state index contributed by atoms with van der Waals surface area (Å²) >= 11 is 0. The summed E-state index contributed by atoms with van der Waals surface area (Å²) in [6.45, 7) is 6.21. The van der Waals surface area contributed by atoms with E-state index < -0.39 is 0 Å². The van der Waals surface area contributed by atoms with E-state index in [1.54, 1.807) is 0 Å². The van der Waals surface area contributed by atoms with Gasteiger partial charge in [-0.1, -0.05) is 0 Å². The predicted octanol–water partition coefficient (Wildman–Crippen LogP) is 1.06. The Morgan fingerprint density at radius 2 is 2.06 bits per heavy atom. The Hall–Kier alpha value is -0.120.